The van der Waals surface area contributed by atoms with Crippen LogP contribution >= 0.6 is 0 Å². The van der Waals surface area contributed by atoms with Crippen LogP contribution in [0.5, 0.6) is 0 Å². The van der Waals surface area contributed by atoms with E-state index >= 15 is 0 Å². The molecule has 1 aliphatic rings. The molecule has 1 atom stereocenters. The quantitative estimate of drug-likeness (QED) is 0.708. The highest BCUT2D eigenvalue weighted by Gasteiger charge is 2.29. The molecule has 7 heteroatoms. The lowest BCUT2D eigenvalue weighted by atomic mass is 10.1. The van der Waals surface area contributed by atoms with E-state index in [2.05, 4.69) is 5.32 Å². The topological polar surface area (TPSA) is 85.2 Å². The number of rotatable bonds is 3. The minimum Gasteiger partial charge on any atom is -0.351 e. The maximum atomic E-state index is 12.7. The predicted molar refractivity (Wildman–Crippen MR) is 101 cm³/mol. The van der Waals surface area contributed by atoms with E-state index in [0.717, 1.165) is 0 Å². The van der Waals surface area contributed by atoms with E-state index < -0.39 is 9.84 Å². The summed E-state index contributed by atoms with van der Waals surface area (Å²) < 4.78 is 25.0. The number of nitrogens with zero attached hydrogens (tertiary/aromatic N) is 1. The molecule has 0 radical (unpaired) electrons. The highest BCUT2D eigenvalue weighted by atomic mass is 32.2. The van der Waals surface area contributed by atoms with Crippen LogP contribution in [0.1, 0.15) is 6.42 Å². The first-order valence-electron chi connectivity index (χ1n) is 8.45. The third-order valence-corrected chi connectivity index (χ3v) is 6.55. The Morgan fingerprint density at radius 3 is 2.15 bits per heavy atom. The van der Waals surface area contributed by atoms with Crippen LogP contribution in [0.4, 0.5) is 0 Å². The summed E-state index contributed by atoms with van der Waals surface area (Å²) >= 11 is 0. The number of pyridine rings is 1. The van der Waals surface area contributed by atoms with E-state index in [-0.39, 0.29) is 35.4 Å². The molecule has 0 spiro atoms. The van der Waals surface area contributed by atoms with E-state index in [1.54, 1.807) is 24.3 Å². The minimum atomic E-state index is -3.05. The fraction of sp³-hybridized carbons (Fsp3) is 0.263. The van der Waals surface area contributed by atoms with E-state index in [0.29, 0.717) is 28.2 Å². The maximum Gasteiger partial charge on any atom is 0.240 e. The molecule has 4 rings (SSSR count). The normalized spacial score (nSPS) is 19.0. The van der Waals surface area contributed by atoms with Crippen LogP contribution < -0.4 is 10.7 Å². The third kappa shape index (κ3) is 2.99. The Hall–Kier alpha value is -2.67. The van der Waals surface area contributed by atoms with Crippen LogP contribution in [0.15, 0.2) is 53.3 Å². The van der Waals surface area contributed by atoms with Gasteiger partial charge in [0.2, 0.25) is 5.91 Å². The van der Waals surface area contributed by atoms with Gasteiger partial charge in [-0.25, -0.2) is 8.42 Å². The molecular formula is C19H18N2O4S. The molecular weight excluding hydrogens is 352 g/mol. The van der Waals surface area contributed by atoms with E-state index in [1.165, 1.54) is 0 Å². The Balaban J connectivity index is 1.74. The number of aromatic nitrogens is 1. The second-order valence-corrected chi connectivity index (χ2v) is 8.85. The van der Waals surface area contributed by atoms with Gasteiger partial charge in [0.15, 0.2) is 15.3 Å². The predicted octanol–water partition coefficient (Wildman–Crippen LogP) is 1.46. The molecule has 134 valence electrons. The Morgan fingerprint density at radius 2 is 1.62 bits per heavy atom. The number of sulfone groups is 1. The lowest BCUT2D eigenvalue weighted by molar-refractivity contribution is -0.122. The average molecular weight is 370 g/mol. The van der Waals surface area contributed by atoms with Gasteiger partial charge >= 0.3 is 0 Å². The molecule has 1 N–H and O–H groups in total. The SMILES string of the molecule is O=C(Cn1c2ccccc2c(=O)c2ccccc21)NC1CCS(=O)(=O)C1. The third-order valence-electron chi connectivity index (χ3n) is 4.78. The van der Waals surface area contributed by atoms with Crippen molar-refractivity contribution < 1.29 is 13.2 Å². The van der Waals surface area contributed by atoms with Crippen molar-refractivity contribution in [3.8, 4) is 0 Å². The van der Waals surface area contributed by atoms with Crippen molar-refractivity contribution in [1.29, 1.82) is 0 Å². The number of nitrogens with one attached hydrogen (secondary N) is 1. The van der Waals surface area contributed by atoms with Gasteiger partial charge in [0, 0.05) is 16.8 Å². The molecule has 1 aliphatic heterocycles. The molecule has 0 aliphatic carbocycles. The lowest BCUT2D eigenvalue weighted by Crippen LogP contribution is -2.38. The van der Waals surface area contributed by atoms with Crippen LogP contribution in [0, 0.1) is 0 Å². The van der Waals surface area contributed by atoms with Crippen molar-refractivity contribution in [2.45, 2.75) is 19.0 Å². The summed E-state index contributed by atoms with van der Waals surface area (Å²) in [5.74, 6) is -0.155. The monoisotopic (exact) mass is 370 g/mol. The zero-order chi connectivity index (χ0) is 18.3. The number of hydrogen-bond acceptors (Lipinski definition) is 4. The molecule has 2 heterocycles. The fourth-order valence-electron chi connectivity index (χ4n) is 3.57. The molecule has 1 amide bonds. The molecule has 3 aromatic rings. The molecule has 6 nitrogen and oxygen atoms in total. The highest BCUT2D eigenvalue weighted by molar-refractivity contribution is 7.91. The summed E-state index contributed by atoms with van der Waals surface area (Å²) in [6.07, 6.45) is 0.444. The first-order valence-corrected chi connectivity index (χ1v) is 10.3. The fourth-order valence-corrected chi connectivity index (χ4v) is 5.25. The van der Waals surface area contributed by atoms with Gasteiger partial charge in [0.1, 0.15) is 6.54 Å². The minimum absolute atomic E-state index is 0.00952. The summed E-state index contributed by atoms with van der Waals surface area (Å²) in [7, 11) is -3.05. The zero-order valence-electron chi connectivity index (χ0n) is 14.0. The number of amides is 1. The number of fused-ring (bicyclic) bond motifs is 2. The van der Waals surface area contributed by atoms with Crippen molar-refractivity contribution in [1.82, 2.24) is 9.88 Å². The number of benzene rings is 2. The van der Waals surface area contributed by atoms with Gasteiger partial charge in [-0.2, -0.15) is 0 Å². The number of carbonyl (C=O) groups excluding carboxylic acids is 1. The molecule has 1 fully saturated rings. The van der Waals surface area contributed by atoms with E-state index in [4.69, 9.17) is 0 Å². The summed E-state index contributed by atoms with van der Waals surface area (Å²) in [6.45, 7) is 0.0256. The molecule has 0 bridgehead atoms. The van der Waals surface area contributed by atoms with Crippen LogP contribution in [0.3, 0.4) is 0 Å². The maximum absolute atomic E-state index is 12.7. The molecule has 26 heavy (non-hydrogen) atoms. The Bertz CT molecular complexity index is 1120. The smallest absolute Gasteiger partial charge is 0.240 e. The van der Waals surface area contributed by atoms with Crippen LogP contribution in [-0.4, -0.2) is 36.4 Å². The van der Waals surface area contributed by atoms with Gasteiger partial charge < -0.3 is 9.88 Å². The van der Waals surface area contributed by atoms with Crippen molar-refractivity contribution in [2.75, 3.05) is 11.5 Å². The Morgan fingerprint density at radius 1 is 1.04 bits per heavy atom. The number of para-hydroxylation sites is 2. The van der Waals surface area contributed by atoms with Crippen molar-refractivity contribution in [2.24, 2.45) is 0 Å². The van der Waals surface area contributed by atoms with E-state index in [9.17, 15) is 18.0 Å². The van der Waals surface area contributed by atoms with Crippen LogP contribution in [-0.2, 0) is 21.2 Å². The van der Waals surface area contributed by atoms with Gasteiger partial charge in [0.25, 0.3) is 0 Å². The molecule has 1 unspecified atom stereocenters. The van der Waals surface area contributed by atoms with Gasteiger partial charge in [-0.05, 0) is 30.7 Å². The van der Waals surface area contributed by atoms with E-state index in [1.807, 2.05) is 28.8 Å². The molecule has 1 saturated heterocycles. The van der Waals surface area contributed by atoms with Gasteiger partial charge in [-0.1, -0.05) is 24.3 Å². The summed E-state index contributed by atoms with van der Waals surface area (Å²) in [5.41, 5.74) is 1.31. The van der Waals surface area contributed by atoms with Gasteiger partial charge in [-0.15, -0.1) is 0 Å². The van der Waals surface area contributed by atoms with Crippen LogP contribution in [0.2, 0.25) is 0 Å². The summed E-state index contributed by atoms with van der Waals surface area (Å²) in [4.78, 5) is 25.2. The largest absolute Gasteiger partial charge is 0.351 e. The molecule has 1 aromatic heterocycles. The molecule has 2 aromatic carbocycles. The number of hydrogen-bond donors (Lipinski definition) is 1. The average Bonchev–Trinajstić information content (AvgIpc) is 2.97. The van der Waals surface area contributed by atoms with Crippen LogP contribution in [0.25, 0.3) is 21.8 Å². The zero-order valence-corrected chi connectivity index (χ0v) is 14.8. The highest BCUT2D eigenvalue weighted by Crippen LogP contribution is 2.19. The van der Waals surface area contributed by atoms with Gasteiger partial charge in [-0.3, -0.25) is 9.59 Å². The standard InChI is InChI=1S/C19H18N2O4S/c22-18(20-13-9-10-26(24,25)12-13)11-21-16-7-3-1-5-14(16)19(23)15-6-2-4-8-17(15)21/h1-8,13H,9-12H2,(H,20,22). The van der Waals surface area contributed by atoms with Crippen molar-refractivity contribution in [3.63, 3.8) is 0 Å². The summed E-state index contributed by atoms with van der Waals surface area (Å²) in [5, 5.41) is 3.93. The van der Waals surface area contributed by atoms with Gasteiger partial charge in [0.05, 0.1) is 22.5 Å². The number of carbonyl (C=O) groups is 1. The second-order valence-electron chi connectivity index (χ2n) is 6.62. The van der Waals surface area contributed by atoms with Crippen molar-refractivity contribution in [3.05, 3.63) is 58.8 Å². The molecule has 0 saturated carbocycles. The first-order chi connectivity index (χ1) is 12.4. The lowest BCUT2D eigenvalue weighted by Gasteiger charge is -2.16. The summed E-state index contributed by atoms with van der Waals surface area (Å²) in [6, 6.07) is 14.0. The Kier molecular flexibility index (Phi) is 4.03. The second kappa shape index (κ2) is 6.25. The first kappa shape index (κ1) is 16.8. The Labute approximate surface area is 150 Å². The van der Waals surface area contributed by atoms with Crippen molar-refractivity contribution >= 4 is 37.6 Å².